The standard InChI is InChI=1S/C14H23NO/c1-4-5-6-7-8-9-10-11-14(16)12-15-13(2)3/h4-7,12-13H,8-11H2,1-3H3. The van der Waals surface area contributed by atoms with Crippen molar-refractivity contribution in [2.24, 2.45) is 4.99 Å². The van der Waals surface area contributed by atoms with E-state index in [0.717, 1.165) is 19.3 Å². The van der Waals surface area contributed by atoms with Gasteiger partial charge in [-0.2, -0.15) is 0 Å². The van der Waals surface area contributed by atoms with E-state index < -0.39 is 0 Å². The van der Waals surface area contributed by atoms with E-state index in [1.54, 1.807) is 0 Å². The van der Waals surface area contributed by atoms with Gasteiger partial charge < -0.3 is 0 Å². The van der Waals surface area contributed by atoms with Crippen molar-refractivity contribution in [3.63, 3.8) is 0 Å². The Bertz CT molecular complexity index is 262. The number of allylic oxidation sites excluding steroid dienone is 4. The van der Waals surface area contributed by atoms with Crippen LogP contribution in [0.1, 0.15) is 46.5 Å². The Morgan fingerprint density at radius 1 is 1.25 bits per heavy atom. The van der Waals surface area contributed by atoms with Crippen molar-refractivity contribution in [2.75, 3.05) is 0 Å². The number of hydrogen-bond donors (Lipinski definition) is 0. The van der Waals surface area contributed by atoms with Gasteiger partial charge in [-0.1, -0.05) is 24.3 Å². The van der Waals surface area contributed by atoms with Gasteiger partial charge in [0.15, 0.2) is 5.78 Å². The molecule has 0 aromatic carbocycles. The Balaban J connectivity index is 3.48. The van der Waals surface area contributed by atoms with Gasteiger partial charge in [0.25, 0.3) is 0 Å². The topological polar surface area (TPSA) is 29.4 Å². The maximum absolute atomic E-state index is 11.3. The number of nitrogens with zero attached hydrogens (tertiary/aromatic N) is 1. The highest BCUT2D eigenvalue weighted by atomic mass is 16.1. The van der Waals surface area contributed by atoms with Gasteiger partial charge in [0, 0.05) is 12.5 Å². The summed E-state index contributed by atoms with van der Waals surface area (Å²) in [4.78, 5) is 15.4. The van der Waals surface area contributed by atoms with Crippen LogP contribution in [0.5, 0.6) is 0 Å². The van der Waals surface area contributed by atoms with E-state index in [1.807, 2.05) is 39.0 Å². The lowest BCUT2D eigenvalue weighted by Crippen LogP contribution is -2.01. The highest BCUT2D eigenvalue weighted by Gasteiger charge is 1.97. The second-order valence-corrected chi connectivity index (χ2v) is 4.04. The monoisotopic (exact) mass is 221 g/mol. The normalized spacial score (nSPS) is 12.5. The summed E-state index contributed by atoms with van der Waals surface area (Å²) in [7, 11) is 0. The lowest BCUT2D eigenvalue weighted by atomic mass is 10.1. The molecule has 0 bridgehead atoms. The van der Waals surface area contributed by atoms with E-state index >= 15 is 0 Å². The second-order valence-electron chi connectivity index (χ2n) is 4.04. The number of aliphatic imine (C=N–C) groups is 1. The van der Waals surface area contributed by atoms with Crippen molar-refractivity contribution >= 4 is 12.0 Å². The molecule has 0 spiro atoms. The van der Waals surface area contributed by atoms with Crippen LogP contribution < -0.4 is 0 Å². The molecule has 0 aliphatic heterocycles. The van der Waals surface area contributed by atoms with Gasteiger partial charge in [-0.05, 0) is 40.0 Å². The Morgan fingerprint density at radius 3 is 2.62 bits per heavy atom. The van der Waals surface area contributed by atoms with Crippen LogP contribution in [0.15, 0.2) is 29.3 Å². The summed E-state index contributed by atoms with van der Waals surface area (Å²) in [5.41, 5.74) is 0. The number of rotatable bonds is 8. The van der Waals surface area contributed by atoms with E-state index in [9.17, 15) is 4.79 Å². The predicted molar refractivity (Wildman–Crippen MR) is 71.1 cm³/mol. The fourth-order valence-electron chi connectivity index (χ4n) is 1.14. The van der Waals surface area contributed by atoms with Crippen LogP contribution >= 0.6 is 0 Å². The van der Waals surface area contributed by atoms with E-state index in [0.29, 0.717) is 6.42 Å². The highest BCUT2D eigenvalue weighted by molar-refractivity contribution is 6.27. The van der Waals surface area contributed by atoms with Gasteiger partial charge in [-0.3, -0.25) is 9.79 Å². The minimum absolute atomic E-state index is 0.145. The zero-order valence-corrected chi connectivity index (χ0v) is 10.6. The Labute approximate surface area is 99.2 Å². The molecule has 0 aliphatic rings. The summed E-state index contributed by atoms with van der Waals surface area (Å²) in [5.74, 6) is 0.145. The second kappa shape index (κ2) is 10.3. The third-order valence-corrected chi connectivity index (χ3v) is 2.00. The lowest BCUT2D eigenvalue weighted by Gasteiger charge is -1.96. The maximum atomic E-state index is 11.3. The van der Waals surface area contributed by atoms with Crippen molar-refractivity contribution in [3.05, 3.63) is 24.3 Å². The van der Waals surface area contributed by atoms with Crippen LogP contribution in [0.2, 0.25) is 0 Å². The molecule has 0 heterocycles. The molecule has 0 aliphatic carbocycles. The first-order chi connectivity index (χ1) is 7.66. The molecule has 0 aromatic rings. The molecule has 2 nitrogen and oxygen atoms in total. The fourth-order valence-corrected chi connectivity index (χ4v) is 1.14. The van der Waals surface area contributed by atoms with Gasteiger partial charge >= 0.3 is 0 Å². The molecule has 0 fully saturated rings. The Morgan fingerprint density at radius 2 is 2.00 bits per heavy atom. The van der Waals surface area contributed by atoms with Crippen LogP contribution in [0.3, 0.4) is 0 Å². The summed E-state index contributed by atoms with van der Waals surface area (Å²) in [6.07, 6.45) is 13.3. The van der Waals surface area contributed by atoms with Gasteiger partial charge in [-0.25, -0.2) is 0 Å². The molecule has 0 rings (SSSR count). The molecule has 0 N–H and O–H groups in total. The molecule has 0 radical (unpaired) electrons. The van der Waals surface area contributed by atoms with Gasteiger partial charge in [0.2, 0.25) is 0 Å². The number of hydrogen-bond acceptors (Lipinski definition) is 2. The molecule has 0 amide bonds. The number of Topliss-reactive ketones (excluding diaryl/α,β-unsaturated/α-hetero) is 1. The zero-order chi connectivity index (χ0) is 12.2. The number of unbranched alkanes of at least 4 members (excludes halogenated alkanes) is 2. The van der Waals surface area contributed by atoms with E-state index in [1.165, 1.54) is 6.21 Å². The van der Waals surface area contributed by atoms with Gasteiger partial charge in [-0.15, -0.1) is 0 Å². The molecule has 90 valence electrons. The molecule has 0 saturated carbocycles. The quantitative estimate of drug-likeness (QED) is 0.349. The number of carbonyl (C=O) groups excluding carboxylic acids is 1. The van der Waals surface area contributed by atoms with Crippen LogP contribution in [0, 0.1) is 0 Å². The van der Waals surface area contributed by atoms with Crippen LogP contribution in [0.4, 0.5) is 0 Å². The van der Waals surface area contributed by atoms with Crippen LogP contribution in [0.25, 0.3) is 0 Å². The summed E-state index contributed by atoms with van der Waals surface area (Å²) in [6.45, 7) is 5.93. The van der Waals surface area contributed by atoms with Crippen molar-refractivity contribution in [1.29, 1.82) is 0 Å². The average Bonchev–Trinajstić information content (AvgIpc) is 2.25. The highest BCUT2D eigenvalue weighted by Crippen LogP contribution is 2.01. The Kier molecular flexibility index (Phi) is 9.58. The molecular formula is C14H23NO. The minimum Gasteiger partial charge on any atom is -0.293 e. The largest absolute Gasteiger partial charge is 0.293 e. The number of carbonyl (C=O) groups is 1. The third-order valence-electron chi connectivity index (χ3n) is 2.00. The minimum atomic E-state index is 0.145. The van der Waals surface area contributed by atoms with Crippen molar-refractivity contribution < 1.29 is 4.79 Å². The molecule has 2 heteroatoms. The van der Waals surface area contributed by atoms with E-state index in [2.05, 4.69) is 11.1 Å². The summed E-state index contributed by atoms with van der Waals surface area (Å²) in [5, 5.41) is 0. The predicted octanol–water partition coefficient (Wildman–Crippen LogP) is 3.73. The fraction of sp³-hybridized carbons (Fsp3) is 0.571. The summed E-state index contributed by atoms with van der Waals surface area (Å²) in [6, 6.07) is 0.215. The van der Waals surface area contributed by atoms with Gasteiger partial charge in [0.05, 0.1) is 6.21 Å². The number of ketones is 1. The SMILES string of the molecule is CC=CC=CCCCCC(=O)C=NC(C)C. The van der Waals surface area contributed by atoms with Gasteiger partial charge in [0.1, 0.15) is 0 Å². The zero-order valence-electron chi connectivity index (χ0n) is 10.6. The average molecular weight is 221 g/mol. The molecule has 16 heavy (non-hydrogen) atoms. The first kappa shape index (κ1) is 14.8. The maximum Gasteiger partial charge on any atom is 0.173 e. The first-order valence-corrected chi connectivity index (χ1v) is 6.00. The molecule has 0 atom stereocenters. The third kappa shape index (κ3) is 10.9. The Hall–Kier alpha value is -1.18. The summed E-state index contributed by atoms with van der Waals surface area (Å²) < 4.78 is 0. The van der Waals surface area contributed by atoms with Crippen molar-refractivity contribution in [1.82, 2.24) is 0 Å². The van der Waals surface area contributed by atoms with Crippen LogP contribution in [-0.4, -0.2) is 18.0 Å². The first-order valence-electron chi connectivity index (χ1n) is 6.00. The molecular weight excluding hydrogens is 198 g/mol. The smallest absolute Gasteiger partial charge is 0.173 e. The molecule has 0 saturated heterocycles. The molecule has 0 aromatic heterocycles. The lowest BCUT2D eigenvalue weighted by molar-refractivity contribution is -0.112. The molecule has 0 unspecified atom stereocenters. The summed E-state index contributed by atoms with van der Waals surface area (Å²) >= 11 is 0. The van der Waals surface area contributed by atoms with Crippen LogP contribution in [-0.2, 0) is 4.79 Å². The van der Waals surface area contributed by atoms with E-state index in [-0.39, 0.29) is 11.8 Å². The van der Waals surface area contributed by atoms with Crippen molar-refractivity contribution in [3.8, 4) is 0 Å². The van der Waals surface area contributed by atoms with E-state index in [4.69, 9.17) is 0 Å². The van der Waals surface area contributed by atoms with Crippen molar-refractivity contribution in [2.45, 2.75) is 52.5 Å².